The van der Waals surface area contributed by atoms with Gasteiger partial charge in [0.1, 0.15) is 18.0 Å². The zero-order valence-electron chi connectivity index (χ0n) is 13.1. The number of anilines is 2. The summed E-state index contributed by atoms with van der Waals surface area (Å²) in [4.78, 5) is 8.82. The van der Waals surface area contributed by atoms with Crippen molar-refractivity contribution in [3.8, 4) is 0 Å². The molecular weight excluding hydrogens is 248 g/mol. The third-order valence-corrected chi connectivity index (χ3v) is 4.41. The smallest absolute Gasteiger partial charge is 0.134 e. The average Bonchev–Trinajstić information content (AvgIpc) is 2.49. The molecule has 1 fully saturated rings. The van der Waals surface area contributed by atoms with Crippen molar-refractivity contribution in [1.82, 2.24) is 9.97 Å². The van der Waals surface area contributed by atoms with E-state index in [1.54, 1.807) is 6.33 Å². The van der Waals surface area contributed by atoms with Crippen LogP contribution in [0.25, 0.3) is 0 Å². The highest BCUT2D eigenvalue weighted by molar-refractivity contribution is 5.57. The third kappa shape index (κ3) is 3.62. The predicted octanol–water partition coefficient (Wildman–Crippen LogP) is 3.85. The molecule has 0 unspecified atom stereocenters. The Morgan fingerprint density at radius 3 is 2.35 bits per heavy atom. The maximum atomic E-state index is 4.46. The molecule has 0 aliphatic heterocycles. The first-order valence-electron chi connectivity index (χ1n) is 8.12. The van der Waals surface area contributed by atoms with Crippen molar-refractivity contribution in [2.45, 2.75) is 65.3 Å². The second-order valence-corrected chi connectivity index (χ2v) is 5.70. The molecule has 1 heterocycles. The normalized spacial score (nSPS) is 22.6. The second-order valence-electron chi connectivity index (χ2n) is 5.70. The zero-order chi connectivity index (χ0) is 14.4. The lowest BCUT2D eigenvalue weighted by molar-refractivity contribution is 0.329. The van der Waals surface area contributed by atoms with Crippen LogP contribution in [-0.2, 0) is 6.42 Å². The zero-order valence-corrected chi connectivity index (χ0v) is 13.1. The fourth-order valence-electron chi connectivity index (χ4n) is 3.10. The topological polar surface area (TPSA) is 49.8 Å². The van der Waals surface area contributed by atoms with E-state index in [0.29, 0.717) is 6.04 Å². The van der Waals surface area contributed by atoms with Crippen molar-refractivity contribution in [1.29, 1.82) is 0 Å². The molecule has 4 nitrogen and oxygen atoms in total. The molecule has 4 heteroatoms. The van der Waals surface area contributed by atoms with Gasteiger partial charge in [0, 0.05) is 18.2 Å². The lowest BCUT2D eigenvalue weighted by atomic mass is 9.84. The Kier molecular flexibility index (Phi) is 5.62. The van der Waals surface area contributed by atoms with Gasteiger partial charge in [-0.15, -0.1) is 0 Å². The number of nitrogens with zero attached hydrogens (tertiary/aromatic N) is 2. The molecule has 1 aromatic rings. The van der Waals surface area contributed by atoms with Crippen molar-refractivity contribution in [2.75, 3.05) is 17.2 Å². The van der Waals surface area contributed by atoms with Crippen LogP contribution < -0.4 is 10.6 Å². The number of hydrogen-bond acceptors (Lipinski definition) is 4. The minimum absolute atomic E-state index is 0.576. The van der Waals surface area contributed by atoms with Crippen LogP contribution in [0, 0.1) is 5.92 Å². The van der Waals surface area contributed by atoms with Gasteiger partial charge >= 0.3 is 0 Å². The number of aromatic nitrogens is 2. The summed E-state index contributed by atoms with van der Waals surface area (Å²) in [6, 6.07) is 0.576. The van der Waals surface area contributed by atoms with Gasteiger partial charge in [0.15, 0.2) is 0 Å². The number of rotatable bonds is 6. The molecule has 1 aliphatic rings. The Labute approximate surface area is 122 Å². The summed E-state index contributed by atoms with van der Waals surface area (Å²) in [7, 11) is 0. The minimum atomic E-state index is 0.576. The number of hydrogen-bond donors (Lipinski definition) is 2. The Morgan fingerprint density at radius 1 is 1.05 bits per heavy atom. The van der Waals surface area contributed by atoms with E-state index < -0.39 is 0 Å². The Hall–Kier alpha value is -1.32. The van der Waals surface area contributed by atoms with Crippen LogP contribution in [0.4, 0.5) is 11.6 Å². The molecule has 2 N–H and O–H groups in total. The predicted molar refractivity (Wildman–Crippen MR) is 85.2 cm³/mol. The number of nitrogens with one attached hydrogen (secondary N) is 2. The van der Waals surface area contributed by atoms with E-state index in [-0.39, 0.29) is 0 Å². The van der Waals surface area contributed by atoms with Crippen LogP contribution in [0.2, 0.25) is 0 Å². The summed E-state index contributed by atoms with van der Waals surface area (Å²) in [6.45, 7) is 7.46. The molecule has 0 saturated heterocycles. The van der Waals surface area contributed by atoms with Gasteiger partial charge in [-0.1, -0.05) is 20.3 Å². The summed E-state index contributed by atoms with van der Waals surface area (Å²) in [6.07, 6.45) is 9.17. The molecule has 0 atom stereocenters. The van der Waals surface area contributed by atoms with E-state index in [9.17, 15) is 0 Å². The summed E-state index contributed by atoms with van der Waals surface area (Å²) in [5.74, 6) is 2.94. The van der Waals surface area contributed by atoms with E-state index in [1.165, 1.54) is 37.7 Å². The van der Waals surface area contributed by atoms with Crippen LogP contribution in [0.1, 0.15) is 58.4 Å². The molecule has 2 rings (SSSR count). The van der Waals surface area contributed by atoms with Gasteiger partial charge in [-0.05, 0) is 44.9 Å². The Bertz CT molecular complexity index is 411. The van der Waals surface area contributed by atoms with Gasteiger partial charge in [0.2, 0.25) is 0 Å². The van der Waals surface area contributed by atoms with E-state index in [2.05, 4.69) is 41.4 Å². The minimum Gasteiger partial charge on any atom is -0.370 e. The van der Waals surface area contributed by atoms with Gasteiger partial charge in [-0.25, -0.2) is 9.97 Å². The van der Waals surface area contributed by atoms with Gasteiger partial charge in [-0.2, -0.15) is 0 Å². The largest absolute Gasteiger partial charge is 0.370 e. The SMILES string of the molecule is CCNc1ncnc(NC2CCC(CC)CC2)c1CC. The van der Waals surface area contributed by atoms with Gasteiger partial charge in [0.05, 0.1) is 0 Å². The van der Waals surface area contributed by atoms with E-state index >= 15 is 0 Å². The van der Waals surface area contributed by atoms with Crippen molar-refractivity contribution in [3.63, 3.8) is 0 Å². The monoisotopic (exact) mass is 276 g/mol. The Balaban J connectivity index is 2.04. The van der Waals surface area contributed by atoms with Crippen LogP contribution in [0.3, 0.4) is 0 Å². The summed E-state index contributed by atoms with van der Waals surface area (Å²) in [5, 5.41) is 6.98. The molecular formula is C16H28N4. The van der Waals surface area contributed by atoms with Crippen LogP contribution >= 0.6 is 0 Å². The molecule has 1 aliphatic carbocycles. The molecule has 0 bridgehead atoms. The molecule has 20 heavy (non-hydrogen) atoms. The molecule has 0 aromatic carbocycles. The third-order valence-electron chi connectivity index (χ3n) is 4.41. The molecule has 0 amide bonds. The first kappa shape index (κ1) is 15.1. The highest BCUT2D eigenvalue weighted by Gasteiger charge is 2.21. The quantitative estimate of drug-likeness (QED) is 0.828. The van der Waals surface area contributed by atoms with E-state index in [0.717, 1.165) is 30.5 Å². The highest BCUT2D eigenvalue weighted by atomic mass is 15.1. The molecule has 1 saturated carbocycles. The van der Waals surface area contributed by atoms with Crippen molar-refractivity contribution >= 4 is 11.6 Å². The van der Waals surface area contributed by atoms with Gasteiger partial charge in [0.25, 0.3) is 0 Å². The lowest BCUT2D eigenvalue weighted by Gasteiger charge is -2.29. The van der Waals surface area contributed by atoms with Crippen LogP contribution in [0.15, 0.2) is 6.33 Å². The fraction of sp³-hybridized carbons (Fsp3) is 0.750. The lowest BCUT2D eigenvalue weighted by Crippen LogP contribution is -2.27. The van der Waals surface area contributed by atoms with Crippen molar-refractivity contribution in [2.24, 2.45) is 5.92 Å². The summed E-state index contributed by atoms with van der Waals surface area (Å²) in [5.41, 5.74) is 1.21. The maximum Gasteiger partial charge on any atom is 0.134 e. The Morgan fingerprint density at radius 2 is 1.75 bits per heavy atom. The summed E-state index contributed by atoms with van der Waals surface area (Å²) >= 11 is 0. The molecule has 0 radical (unpaired) electrons. The van der Waals surface area contributed by atoms with Gasteiger partial charge < -0.3 is 10.6 Å². The first-order chi connectivity index (χ1) is 9.78. The van der Waals surface area contributed by atoms with Crippen molar-refractivity contribution in [3.05, 3.63) is 11.9 Å². The van der Waals surface area contributed by atoms with E-state index in [4.69, 9.17) is 0 Å². The first-order valence-corrected chi connectivity index (χ1v) is 8.12. The standard InChI is InChI=1S/C16H28N4/c1-4-12-7-9-13(10-8-12)20-16-14(5-2)15(17-6-3)18-11-19-16/h11-13H,4-10H2,1-3H3,(H2,17,18,19,20). The molecule has 1 aromatic heterocycles. The highest BCUT2D eigenvalue weighted by Crippen LogP contribution is 2.29. The van der Waals surface area contributed by atoms with Crippen LogP contribution in [-0.4, -0.2) is 22.6 Å². The summed E-state index contributed by atoms with van der Waals surface area (Å²) < 4.78 is 0. The maximum absolute atomic E-state index is 4.46. The second kappa shape index (κ2) is 7.46. The molecule has 0 spiro atoms. The van der Waals surface area contributed by atoms with E-state index in [1.807, 2.05) is 0 Å². The fourth-order valence-corrected chi connectivity index (χ4v) is 3.10. The van der Waals surface area contributed by atoms with Crippen molar-refractivity contribution < 1.29 is 0 Å². The van der Waals surface area contributed by atoms with Gasteiger partial charge in [-0.3, -0.25) is 0 Å². The van der Waals surface area contributed by atoms with Crippen LogP contribution in [0.5, 0.6) is 0 Å². The average molecular weight is 276 g/mol. The molecule has 112 valence electrons.